The third-order valence-electron chi connectivity index (χ3n) is 2.86. The average molecular weight is 335 g/mol. The molecule has 0 aliphatic rings. The van der Waals surface area contributed by atoms with E-state index in [0.717, 1.165) is 22.0 Å². The molecule has 0 saturated carbocycles. The monoisotopic (exact) mass is 334 g/mol. The Balaban J connectivity index is 1.91. The molecule has 0 aliphatic heterocycles. The SMILES string of the molecule is CC(C)Oc1cccc(NC(=S)NCc2ccccc2Cl)c1. The molecule has 0 atom stereocenters. The minimum atomic E-state index is 0.139. The van der Waals surface area contributed by atoms with Crippen LogP contribution < -0.4 is 15.4 Å². The van der Waals surface area contributed by atoms with Gasteiger partial charge >= 0.3 is 0 Å². The molecule has 2 aromatic carbocycles. The zero-order valence-electron chi connectivity index (χ0n) is 12.6. The van der Waals surface area contributed by atoms with Gasteiger partial charge in [-0.3, -0.25) is 0 Å². The fraction of sp³-hybridized carbons (Fsp3) is 0.235. The first-order chi connectivity index (χ1) is 10.5. The maximum atomic E-state index is 6.12. The lowest BCUT2D eigenvalue weighted by Crippen LogP contribution is -2.28. The summed E-state index contributed by atoms with van der Waals surface area (Å²) in [5.74, 6) is 0.814. The zero-order valence-corrected chi connectivity index (χ0v) is 14.2. The lowest BCUT2D eigenvalue weighted by molar-refractivity contribution is 0.242. The Morgan fingerprint density at radius 3 is 2.68 bits per heavy atom. The number of rotatable bonds is 5. The van der Waals surface area contributed by atoms with Crippen LogP contribution in [0.15, 0.2) is 48.5 Å². The Bertz CT molecular complexity index is 646. The highest BCUT2D eigenvalue weighted by Gasteiger charge is 2.03. The van der Waals surface area contributed by atoms with E-state index < -0.39 is 0 Å². The molecule has 22 heavy (non-hydrogen) atoms. The van der Waals surface area contributed by atoms with E-state index in [2.05, 4.69) is 10.6 Å². The molecular weight excluding hydrogens is 316 g/mol. The largest absolute Gasteiger partial charge is 0.491 e. The molecule has 116 valence electrons. The second-order valence-electron chi connectivity index (χ2n) is 5.09. The topological polar surface area (TPSA) is 33.3 Å². The molecule has 0 heterocycles. The Morgan fingerprint density at radius 2 is 1.95 bits per heavy atom. The van der Waals surface area contributed by atoms with Gasteiger partial charge in [0.05, 0.1) is 6.10 Å². The standard InChI is InChI=1S/C17H19ClN2OS/c1-12(2)21-15-8-5-7-14(10-15)20-17(22)19-11-13-6-3-4-9-16(13)18/h3-10,12H,11H2,1-2H3,(H2,19,20,22). The van der Waals surface area contributed by atoms with E-state index in [0.29, 0.717) is 11.7 Å². The predicted molar refractivity (Wildman–Crippen MR) is 96.7 cm³/mol. The van der Waals surface area contributed by atoms with Gasteiger partial charge in [-0.25, -0.2) is 0 Å². The summed E-state index contributed by atoms with van der Waals surface area (Å²) in [7, 11) is 0. The van der Waals surface area contributed by atoms with Gasteiger partial charge < -0.3 is 15.4 Å². The highest BCUT2D eigenvalue weighted by atomic mass is 35.5. The fourth-order valence-corrected chi connectivity index (χ4v) is 2.30. The van der Waals surface area contributed by atoms with Crippen LogP contribution in [0.25, 0.3) is 0 Å². The third-order valence-corrected chi connectivity index (χ3v) is 3.48. The minimum absolute atomic E-state index is 0.139. The summed E-state index contributed by atoms with van der Waals surface area (Å²) < 4.78 is 5.66. The van der Waals surface area contributed by atoms with Crippen LogP contribution in [-0.4, -0.2) is 11.2 Å². The third kappa shape index (κ3) is 5.20. The van der Waals surface area contributed by atoms with Crippen molar-refractivity contribution in [1.29, 1.82) is 0 Å². The molecule has 2 rings (SSSR count). The van der Waals surface area contributed by atoms with Gasteiger partial charge in [-0.1, -0.05) is 35.9 Å². The molecule has 0 bridgehead atoms. The van der Waals surface area contributed by atoms with Gasteiger partial charge in [0, 0.05) is 23.3 Å². The van der Waals surface area contributed by atoms with Crippen LogP contribution in [0.4, 0.5) is 5.69 Å². The van der Waals surface area contributed by atoms with Crippen molar-refractivity contribution < 1.29 is 4.74 Å². The highest BCUT2D eigenvalue weighted by molar-refractivity contribution is 7.80. The van der Waals surface area contributed by atoms with Crippen molar-refractivity contribution >= 4 is 34.6 Å². The van der Waals surface area contributed by atoms with Gasteiger partial charge in [-0.15, -0.1) is 0 Å². The second kappa shape index (κ2) is 8.01. The first kappa shape index (κ1) is 16.6. The van der Waals surface area contributed by atoms with Crippen LogP contribution in [0, 0.1) is 0 Å². The van der Waals surface area contributed by atoms with Crippen LogP contribution in [0.2, 0.25) is 5.02 Å². The minimum Gasteiger partial charge on any atom is -0.491 e. The van der Waals surface area contributed by atoms with Gasteiger partial charge in [0.1, 0.15) is 5.75 Å². The lowest BCUT2D eigenvalue weighted by atomic mass is 10.2. The Hall–Kier alpha value is -1.78. The fourth-order valence-electron chi connectivity index (χ4n) is 1.91. The molecule has 0 aliphatic carbocycles. The molecule has 0 aromatic heterocycles. The molecule has 0 spiro atoms. The van der Waals surface area contributed by atoms with E-state index in [9.17, 15) is 0 Å². The number of halogens is 1. The lowest BCUT2D eigenvalue weighted by Gasteiger charge is -2.13. The van der Waals surface area contributed by atoms with E-state index in [1.165, 1.54) is 0 Å². The quantitative estimate of drug-likeness (QED) is 0.782. The van der Waals surface area contributed by atoms with Gasteiger partial charge in [0.15, 0.2) is 5.11 Å². The zero-order chi connectivity index (χ0) is 15.9. The highest BCUT2D eigenvalue weighted by Crippen LogP contribution is 2.19. The predicted octanol–water partition coefficient (Wildman–Crippen LogP) is 4.61. The summed E-state index contributed by atoms with van der Waals surface area (Å²) in [5.41, 5.74) is 1.89. The van der Waals surface area contributed by atoms with Crippen molar-refractivity contribution in [1.82, 2.24) is 5.32 Å². The Morgan fingerprint density at radius 1 is 1.18 bits per heavy atom. The summed E-state index contributed by atoms with van der Waals surface area (Å²) in [4.78, 5) is 0. The van der Waals surface area contributed by atoms with Crippen LogP contribution >= 0.6 is 23.8 Å². The van der Waals surface area contributed by atoms with Crippen LogP contribution in [-0.2, 0) is 6.54 Å². The molecular formula is C17H19ClN2OS. The van der Waals surface area contributed by atoms with Crippen molar-refractivity contribution in [2.24, 2.45) is 0 Å². The number of ether oxygens (including phenoxy) is 1. The van der Waals surface area contributed by atoms with Crippen molar-refractivity contribution in [3.8, 4) is 5.75 Å². The molecule has 2 N–H and O–H groups in total. The normalized spacial score (nSPS) is 10.4. The first-order valence-electron chi connectivity index (χ1n) is 7.09. The van der Waals surface area contributed by atoms with Crippen molar-refractivity contribution in [3.63, 3.8) is 0 Å². The smallest absolute Gasteiger partial charge is 0.171 e. The van der Waals surface area contributed by atoms with Crippen LogP contribution in [0.1, 0.15) is 19.4 Å². The number of anilines is 1. The summed E-state index contributed by atoms with van der Waals surface area (Å²) in [6.07, 6.45) is 0.139. The van der Waals surface area contributed by atoms with Gasteiger partial charge in [0.2, 0.25) is 0 Å². The van der Waals surface area contributed by atoms with E-state index in [1.54, 1.807) is 0 Å². The molecule has 3 nitrogen and oxygen atoms in total. The summed E-state index contributed by atoms with van der Waals surface area (Å²) in [6.45, 7) is 4.57. The van der Waals surface area contributed by atoms with Crippen molar-refractivity contribution in [2.75, 3.05) is 5.32 Å². The molecule has 5 heteroatoms. The number of nitrogens with one attached hydrogen (secondary N) is 2. The van der Waals surface area contributed by atoms with Crippen molar-refractivity contribution in [2.45, 2.75) is 26.5 Å². The van der Waals surface area contributed by atoms with Crippen molar-refractivity contribution in [3.05, 3.63) is 59.1 Å². The average Bonchev–Trinajstić information content (AvgIpc) is 2.46. The number of benzene rings is 2. The first-order valence-corrected chi connectivity index (χ1v) is 7.88. The maximum absolute atomic E-state index is 6.12. The molecule has 0 amide bonds. The molecule has 0 fully saturated rings. The second-order valence-corrected chi connectivity index (χ2v) is 5.91. The van der Waals surface area contributed by atoms with Crippen LogP contribution in [0.5, 0.6) is 5.75 Å². The number of hydrogen-bond acceptors (Lipinski definition) is 2. The van der Waals surface area contributed by atoms with E-state index >= 15 is 0 Å². The summed E-state index contributed by atoms with van der Waals surface area (Å²) in [6, 6.07) is 15.4. The molecule has 0 saturated heterocycles. The van der Waals surface area contributed by atoms with Crippen LogP contribution in [0.3, 0.4) is 0 Å². The summed E-state index contributed by atoms with van der Waals surface area (Å²) in [5, 5.41) is 7.56. The molecule has 0 radical (unpaired) electrons. The molecule has 2 aromatic rings. The van der Waals surface area contributed by atoms with Gasteiger partial charge in [-0.05, 0) is 49.8 Å². The molecule has 0 unspecified atom stereocenters. The number of thiocarbonyl (C=S) groups is 1. The van der Waals surface area contributed by atoms with E-state index in [-0.39, 0.29) is 6.10 Å². The Labute approximate surface area is 141 Å². The van der Waals surface area contributed by atoms with Gasteiger partial charge in [0.25, 0.3) is 0 Å². The Kier molecular flexibility index (Phi) is 6.04. The van der Waals surface area contributed by atoms with E-state index in [1.807, 2.05) is 62.4 Å². The maximum Gasteiger partial charge on any atom is 0.171 e. The van der Waals surface area contributed by atoms with E-state index in [4.69, 9.17) is 28.6 Å². The number of hydrogen-bond donors (Lipinski definition) is 2. The van der Waals surface area contributed by atoms with Gasteiger partial charge in [-0.2, -0.15) is 0 Å². The summed E-state index contributed by atoms with van der Waals surface area (Å²) >= 11 is 11.4.